The number of likely N-dealkylation sites (tertiary alicyclic amines) is 1. The summed E-state index contributed by atoms with van der Waals surface area (Å²) in [6.45, 7) is 1.77. The van der Waals surface area contributed by atoms with Gasteiger partial charge in [-0.1, -0.05) is 12.1 Å². The smallest absolute Gasteiger partial charge is 0.317 e. The standard InChI is InChI=1S/C18H23FN4O2/c1-25-17(14-2-4-15(19)5-3-14)12-21-18(24)22-9-6-16(7-10-22)23-11-8-20-13-23/h2-5,8,11,13,16-17H,6-7,9-10,12H2,1H3,(H,21,24)/t17-/m0/s1. The fourth-order valence-electron chi connectivity index (χ4n) is 3.16. The average molecular weight is 346 g/mol. The van der Waals surface area contributed by atoms with E-state index in [1.54, 1.807) is 25.4 Å². The van der Waals surface area contributed by atoms with Gasteiger partial charge in [-0.15, -0.1) is 0 Å². The second kappa shape index (κ2) is 8.11. The second-order valence-electron chi connectivity index (χ2n) is 6.19. The average Bonchev–Trinajstić information content (AvgIpc) is 3.18. The van der Waals surface area contributed by atoms with Crippen molar-refractivity contribution in [2.24, 2.45) is 0 Å². The van der Waals surface area contributed by atoms with Gasteiger partial charge in [0, 0.05) is 45.2 Å². The first kappa shape index (κ1) is 17.4. The highest BCUT2D eigenvalue weighted by Gasteiger charge is 2.24. The van der Waals surface area contributed by atoms with Gasteiger partial charge in [-0.3, -0.25) is 0 Å². The summed E-state index contributed by atoms with van der Waals surface area (Å²) < 4.78 is 20.5. The van der Waals surface area contributed by atoms with Crippen molar-refractivity contribution in [2.45, 2.75) is 25.0 Å². The molecule has 6 nitrogen and oxygen atoms in total. The van der Waals surface area contributed by atoms with E-state index in [1.165, 1.54) is 12.1 Å². The van der Waals surface area contributed by atoms with Gasteiger partial charge in [-0.2, -0.15) is 0 Å². The van der Waals surface area contributed by atoms with Crippen LogP contribution >= 0.6 is 0 Å². The Balaban J connectivity index is 1.48. The largest absolute Gasteiger partial charge is 0.375 e. The van der Waals surface area contributed by atoms with Gasteiger partial charge in [-0.25, -0.2) is 14.2 Å². The van der Waals surface area contributed by atoms with Crippen LogP contribution in [0.3, 0.4) is 0 Å². The number of rotatable bonds is 5. The van der Waals surface area contributed by atoms with Gasteiger partial charge in [-0.05, 0) is 30.5 Å². The van der Waals surface area contributed by atoms with Crippen molar-refractivity contribution in [2.75, 3.05) is 26.7 Å². The van der Waals surface area contributed by atoms with E-state index in [-0.39, 0.29) is 18.0 Å². The summed E-state index contributed by atoms with van der Waals surface area (Å²) in [6, 6.07) is 6.44. The molecule has 2 heterocycles. The summed E-state index contributed by atoms with van der Waals surface area (Å²) in [4.78, 5) is 18.3. The molecular weight excluding hydrogens is 323 g/mol. The highest BCUT2D eigenvalue weighted by Crippen LogP contribution is 2.22. The van der Waals surface area contributed by atoms with E-state index in [9.17, 15) is 9.18 Å². The second-order valence-corrected chi connectivity index (χ2v) is 6.19. The zero-order valence-corrected chi connectivity index (χ0v) is 14.3. The SMILES string of the molecule is CO[C@@H](CNC(=O)N1CCC(n2ccnc2)CC1)c1ccc(F)cc1. The number of nitrogens with zero attached hydrogens (tertiary/aromatic N) is 3. The molecule has 1 fully saturated rings. The third-order valence-corrected chi connectivity index (χ3v) is 4.66. The van der Waals surface area contributed by atoms with E-state index < -0.39 is 0 Å². The number of hydrogen-bond acceptors (Lipinski definition) is 3. The molecule has 0 unspecified atom stereocenters. The maximum absolute atomic E-state index is 13.0. The quantitative estimate of drug-likeness (QED) is 0.906. The summed E-state index contributed by atoms with van der Waals surface area (Å²) in [6.07, 6.45) is 7.09. The van der Waals surface area contributed by atoms with Crippen LogP contribution in [0.4, 0.5) is 9.18 Å². The minimum Gasteiger partial charge on any atom is -0.375 e. The van der Waals surface area contributed by atoms with Crippen LogP contribution in [-0.4, -0.2) is 47.2 Å². The van der Waals surface area contributed by atoms with E-state index >= 15 is 0 Å². The van der Waals surface area contributed by atoms with E-state index in [0.29, 0.717) is 25.7 Å². The zero-order chi connectivity index (χ0) is 17.6. The van der Waals surface area contributed by atoms with Crippen molar-refractivity contribution in [3.63, 3.8) is 0 Å². The fourth-order valence-corrected chi connectivity index (χ4v) is 3.16. The van der Waals surface area contributed by atoms with E-state index in [2.05, 4.69) is 14.9 Å². The number of urea groups is 1. The number of carbonyl (C=O) groups excluding carboxylic acids is 1. The van der Waals surface area contributed by atoms with Crippen molar-refractivity contribution in [1.29, 1.82) is 0 Å². The van der Waals surface area contributed by atoms with Crippen LogP contribution in [0.25, 0.3) is 0 Å². The Morgan fingerprint density at radius 3 is 2.68 bits per heavy atom. The molecule has 134 valence electrons. The van der Waals surface area contributed by atoms with Crippen LogP contribution in [0.2, 0.25) is 0 Å². The predicted molar refractivity (Wildman–Crippen MR) is 91.6 cm³/mol. The first-order valence-corrected chi connectivity index (χ1v) is 8.46. The number of nitrogens with one attached hydrogen (secondary N) is 1. The summed E-state index contributed by atoms with van der Waals surface area (Å²) in [5.41, 5.74) is 0.836. The Bertz CT molecular complexity index is 667. The molecule has 7 heteroatoms. The van der Waals surface area contributed by atoms with Crippen molar-refractivity contribution < 1.29 is 13.9 Å². The molecule has 3 rings (SSSR count). The molecule has 0 aliphatic carbocycles. The highest BCUT2D eigenvalue weighted by molar-refractivity contribution is 5.74. The molecule has 0 spiro atoms. The molecule has 0 radical (unpaired) electrons. The molecule has 2 aromatic rings. The Hall–Kier alpha value is -2.41. The molecule has 25 heavy (non-hydrogen) atoms. The molecule has 2 amide bonds. The Morgan fingerprint density at radius 2 is 2.08 bits per heavy atom. The Morgan fingerprint density at radius 1 is 1.36 bits per heavy atom. The molecule has 0 saturated carbocycles. The monoisotopic (exact) mass is 346 g/mol. The topological polar surface area (TPSA) is 59.4 Å². The lowest BCUT2D eigenvalue weighted by atomic mass is 10.1. The number of aromatic nitrogens is 2. The molecule has 1 aliphatic rings. The van der Waals surface area contributed by atoms with Gasteiger partial charge in [0.25, 0.3) is 0 Å². The van der Waals surface area contributed by atoms with E-state index in [4.69, 9.17) is 4.74 Å². The molecule has 1 aliphatic heterocycles. The maximum Gasteiger partial charge on any atom is 0.317 e. The molecule has 1 aromatic heterocycles. The van der Waals surface area contributed by atoms with Crippen LogP contribution in [-0.2, 0) is 4.74 Å². The number of benzene rings is 1. The van der Waals surface area contributed by atoms with Crippen LogP contribution in [0.5, 0.6) is 0 Å². The van der Waals surface area contributed by atoms with Gasteiger partial charge in [0.1, 0.15) is 5.82 Å². The molecule has 1 saturated heterocycles. The summed E-state index contributed by atoms with van der Waals surface area (Å²) >= 11 is 0. The summed E-state index contributed by atoms with van der Waals surface area (Å²) in [5, 5.41) is 2.92. The number of methoxy groups -OCH3 is 1. The number of piperidine rings is 1. The fraction of sp³-hybridized carbons (Fsp3) is 0.444. The number of amides is 2. The number of halogens is 1. The van der Waals surface area contributed by atoms with Crippen molar-refractivity contribution in [1.82, 2.24) is 19.8 Å². The van der Waals surface area contributed by atoms with Crippen molar-refractivity contribution in [3.05, 3.63) is 54.4 Å². The molecular formula is C18H23FN4O2. The lowest BCUT2D eigenvalue weighted by molar-refractivity contribution is 0.0998. The van der Waals surface area contributed by atoms with Crippen molar-refractivity contribution >= 4 is 6.03 Å². The normalized spacial score (nSPS) is 16.6. The van der Waals surface area contributed by atoms with E-state index in [1.807, 2.05) is 17.4 Å². The minimum atomic E-state index is -0.298. The van der Waals surface area contributed by atoms with Gasteiger partial charge in [0.05, 0.1) is 12.4 Å². The Kier molecular flexibility index (Phi) is 5.65. The van der Waals surface area contributed by atoms with Gasteiger partial charge >= 0.3 is 6.03 Å². The third kappa shape index (κ3) is 4.36. The van der Waals surface area contributed by atoms with E-state index in [0.717, 1.165) is 18.4 Å². The van der Waals surface area contributed by atoms with Crippen LogP contribution in [0, 0.1) is 5.82 Å². The maximum atomic E-state index is 13.0. The lowest BCUT2D eigenvalue weighted by Crippen LogP contribution is -2.45. The van der Waals surface area contributed by atoms with Crippen molar-refractivity contribution in [3.8, 4) is 0 Å². The number of ether oxygens (including phenoxy) is 1. The molecule has 1 aromatic carbocycles. The predicted octanol–water partition coefficient (Wildman–Crippen LogP) is 2.76. The summed E-state index contributed by atoms with van der Waals surface area (Å²) in [7, 11) is 1.58. The third-order valence-electron chi connectivity index (χ3n) is 4.66. The number of imidazole rings is 1. The van der Waals surface area contributed by atoms with Crippen LogP contribution < -0.4 is 5.32 Å². The number of hydrogen-bond donors (Lipinski definition) is 1. The number of carbonyl (C=O) groups is 1. The lowest BCUT2D eigenvalue weighted by Gasteiger charge is -2.33. The van der Waals surface area contributed by atoms with Crippen LogP contribution in [0.15, 0.2) is 43.0 Å². The minimum absolute atomic E-state index is 0.0896. The highest BCUT2D eigenvalue weighted by atomic mass is 19.1. The van der Waals surface area contributed by atoms with Crippen LogP contribution in [0.1, 0.15) is 30.6 Å². The van der Waals surface area contributed by atoms with Gasteiger partial charge in [0.15, 0.2) is 0 Å². The first-order chi connectivity index (χ1) is 12.2. The Labute approximate surface area is 146 Å². The molecule has 1 N–H and O–H groups in total. The van der Waals surface area contributed by atoms with Gasteiger partial charge in [0.2, 0.25) is 0 Å². The first-order valence-electron chi connectivity index (χ1n) is 8.46. The van der Waals surface area contributed by atoms with Gasteiger partial charge < -0.3 is 19.5 Å². The zero-order valence-electron chi connectivity index (χ0n) is 14.3. The molecule has 0 bridgehead atoms. The molecule has 1 atom stereocenters. The summed E-state index contributed by atoms with van der Waals surface area (Å²) in [5.74, 6) is -0.289.